The first-order valence-electron chi connectivity index (χ1n) is 4.17. The maximum atomic E-state index is 9.32. The lowest BCUT2D eigenvalue weighted by Crippen LogP contribution is -2.22. The summed E-state index contributed by atoms with van der Waals surface area (Å²) < 4.78 is 0. The SMILES string of the molecule is O[C@@H]1CCN(c2nccnc2Cl)C1. The van der Waals surface area contributed by atoms with Crippen LogP contribution < -0.4 is 4.90 Å². The number of β-amino-alcohol motifs (C(OH)–C–C–N with tert-alkyl or cyclic N) is 1. The van der Waals surface area contributed by atoms with Crippen molar-refractivity contribution in [3.8, 4) is 0 Å². The van der Waals surface area contributed by atoms with Crippen molar-refractivity contribution in [1.82, 2.24) is 9.97 Å². The van der Waals surface area contributed by atoms with Gasteiger partial charge in [-0.05, 0) is 6.42 Å². The molecule has 0 spiro atoms. The van der Waals surface area contributed by atoms with Crippen LogP contribution in [0.25, 0.3) is 0 Å². The number of hydrogen-bond donors (Lipinski definition) is 1. The third-order valence-corrected chi connectivity index (χ3v) is 2.37. The van der Waals surface area contributed by atoms with Crippen molar-refractivity contribution >= 4 is 17.4 Å². The maximum absolute atomic E-state index is 9.32. The molecule has 1 atom stereocenters. The van der Waals surface area contributed by atoms with E-state index in [2.05, 4.69) is 9.97 Å². The molecule has 1 saturated heterocycles. The normalized spacial score (nSPS) is 22.3. The molecule has 0 aromatic carbocycles. The average molecular weight is 200 g/mol. The highest BCUT2D eigenvalue weighted by Crippen LogP contribution is 2.23. The van der Waals surface area contributed by atoms with Gasteiger partial charge in [-0.1, -0.05) is 11.6 Å². The Morgan fingerprint density at radius 3 is 2.85 bits per heavy atom. The maximum Gasteiger partial charge on any atom is 0.171 e. The Balaban J connectivity index is 2.21. The highest BCUT2D eigenvalue weighted by Gasteiger charge is 2.23. The van der Waals surface area contributed by atoms with Gasteiger partial charge in [0.25, 0.3) is 0 Å². The van der Waals surface area contributed by atoms with Crippen LogP contribution >= 0.6 is 11.6 Å². The number of rotatable bonds is 1. The second kappa shape index (κ2) is 3.47. The molecule has 4 nitrogen and oxygen atoms in total. The number of aromatic nitrogens is 2. The summed E-state index contributed by atoms with van der Waals surface area (Å²) in [4.78, 5) is 9.99. The summed E-state index contributed by atoms with van der Waals surface area (Å²) in [5, 5.41) is 9.72. The fraction of sp³-hybridized carbons (Fsp3) is 0.500. The van der Waals surface area contributed by atoms with Gasteiger partial charge in [0.15, 0.2) is 11.0 Å². The number of nitrogens with zero attached hydrogens (tertiary/aromatic N) is 3. The largest absolute Gasteiger partial charge is 0.391 e. The Morgan fingerprint density at radius 1 is 1.46 bits per heavy atom. The van der Waals surface area contributed by atoms with Gasteiger partial charge in [-0.2, -0.15) is 0 Å². The number of hydrogen-bond acceptors (Lipinski definition) is 4. The molecule has 0 saturated carbocycles. The van der Waals surface area contributed by atoms with Crippen molar-refractivity contribution in [2.75, 3.05) is 18.0 Å². The Labute approximate surface area is 81.2 Å². The van der Waals surface area contributed by atoms with E-state index in [9.17, 15) is 5.11 Å². The van der Waals surface area contributed by atoms with Crippen LogP contribution in [0.5, 0.6) is 0 Å². The van der Waals surface area contributed by atoms with E-state index in [0.717, 1.165) is 13.0 Å². The van der Waals surface area contributed by atoms with E-state index in [4.69, 9.17) is 11.6 Å². The zero-order valence-electron chi connectivity index (χ0n) is 7.02. The van der Waals surface area contributed by atoms with E-state index in [1.165, 1.54) is 0 Å². The number of anilines is 1. The number of halogens is 1. The fourth-order valence-corrected chi connectivity index (χ4v) is 1.68. The second-order valence-electron chi connectivity index (χ2n) is 3.06. The van der Waals surface area contributed by atoms with E-state index >= 15 is 0 Å². The molecule has 1 fully saturated rings. The minimum atomic E-state index is -0.266. The molecule has 0 bridgehead atoms. The molecule has 1 aliphatic rings. The summed E-state index contributed by atoms with van der Waals surface area (Å²) in [6, 6.07) is 0. The van der Waals surface area contributed by atoms with Gasteiger partial charge in [0.1, 0.15) is 0 Å². The fourth-order valence-electron chi connectivity index (χ4n) is 1.46. The third kappa shape index (κ3) is 1.73. The second-order valence-corrected chi connectivity index (χ2v) is 3.42. The molecule has 0 unspecified atom stereocenters. The van der Waals surface area contributed by atoms with Crippen LogP contribution in [-0.2, 0) is 0 Å². The Morgan fingerprint density at radius 2 is 2.23 bits per heavy atom. The van der Waals surface area contributed by atoms with Gasteiger partial charge >= 0.3 is 0 Å². The molecule has 1 aromatic heterocycles. The molecule has 1 aromatic rings. The van der Waals surface area contributed by atoms with Crippen LogP contribution in [0.3, 0.4) is 0 Å². The van der Waals surface area contributed by atoms with Crippen molar-refractivity contribution in [2.24, 2.45) is 0 Å². The Kier molecular flexibility index (Phi) is 2.33. The quantitative estimate of drug-likeness (QED) is 0.724. The molecular formula is C8H10ClN3O. The predicted octanol–water partition coefficient (Wildman–Crippen LogP) is 0.701. The minimum Gasteiger partial charge on any atom is -0.391 e. The summed E-state index contributed by atoms with van der Waals surface area (Å²) >= 11 is 5.86. The zero-order chi connectivity index (χ0) is 9.26. The van der Waals surface area contributed by atoms with Crippen LogP contribution in [0.1, 0.15) is 6.42 Å². The van der Waals surface area contributed by atoms with Gasteiger partial charge < -0.3 is 10.0 Å². The summed E-state index contributed by atoms with van der Waals surface area (Å²) in [6.45, 7) is 1.39. The van der Waals surface area contributed by atoms with Gasteiger partial charge in [-0.25, -0.2) is 9.97 Å². The summed E-state index contributed by atoms with van der Waals surface area (Å²) in [5.74, 6) is 0.667. The van der Waals surface area contributed by atoms with Crippen molar-refractivity contribution in [2.45, 2.75) is 12.5 Å². The van der Waals surface area contributed by atoms with E-state index in [1.807, 2.05) is 4.90 Å². The van der Waals surface area contributed by atoms with Crippen LogP contribution in [0, 0.1) is 0 Å². The van der Waals surface area contributed by atoms with Crippen LogP contribution in [0.15, 0.2) is 12.4 Å². The molecule has 13 heavy (non-hydrogen) atoms. The first-order valence-corrected chi connectivity index (χ1v) is 4.54. The Hall–Kier alpha value is -0.870. The monoisotopic (exact) mass is 199 g/mol. The highest BCUT2D eigenvalue weighted by atomic mass is 35.5. The predicted molar refractivity (Wildman–Crippen MR) is 49.9 cm³/mol. The first kappa shape index (κ1) is 8.72. The van der Waals surface area contributed by atoms with Crippen molar-refractivity contribution in [3.05, 3.63) is 17.5 Å². The molecule has 1 aliphatic heterocycles. The summed E-state index contributed by atoms with van der Waals surface area (Å²) in [6.07, 6.45) is 3.66. The molecule has 0 radical (unpaired) electrons. The molecule has 0 amide bonds. The van der Waals surface area contributed by atoms with E-state index < -0.39 is 0 Å². The third-order valence-electron chi connectivity index (χ3n) is 2.10. The standard InChI is InChI=1S/C8H10ClN3O/c9-7-8(11-3-2-10-7)12-4-1-6(13)5-12/h2-3,6,13H,1,4-5H2/t6-/m1/s1. The van der Waals surface area contributed by atoms with Crippen molar-refractivity contribution < 1.29 is 5.11 Å². The lowest BCUT2D eigenvalue weighted by atomic mass is 10.3. The lowest BCUT2D eigenvalue weighted by molar-refractivity contribution is 0.198. The van der Waals surface area contributed by atoms with Crippen LogP contribution in [0.4, 0.5) is 5.82 Å². The topological polar surface area (TPSA) is 49.2 Å². The smallest absolute Gasteiger partial charge is 0.171 e. The highest BCUT2D eigenvalue weighted by molar-refractivity contribution is 6.31. The van der Waals surface area contributed by atoms with Gasteiger partial charge in [0, 0.05) is 25.5 Å². The molecule has 2 heterocycles. The Bertz CT molecular complexity index is 307. The lowest BCUT2D eigenvalue weighted by Gasteiger charge is -2.16. The van der Waals surface area contributed by atoms with E-state index in [1.54, 1.807) is 12.4 Å². The number of aliphatic hydroxyl groups excluding tert-OH is 1. The average Bonchev–Trinajstić information content (AvgIpc) is 2.53. The van der Waals surface area contributed by atoms with Gasteiger partial charge in [-0.3, -0.25) is 0 Å². The van der Waals surface area contributed by atoms with Crippen LogP contribution in [0.2, 0.25) is 5.15 Å². The molecule has 70 valence electrons. The van der Waals surface area contributed by atoms with E-state index in [-0.39, 0.29) is 6.10 Å². The van der Waals surface area contributed by atoms with Crippen molar-refractivity contribution in [1.29, 1.82) is 0 Å². The van der Waals surface area contributed by atoms with Gasteiger partial charge in [0.05, 0.1) is 6.10 Å². The summed E-state index contributed by atoms with van der Waals surface area (Å²) in [7, 11) is 0. The van der Waals surface area contributed by atoms with E-state index in [0.29, 0.717) is 17.5 Å². The zero-order valence-corrected chi connectivity index (χ0v) is 7.78. The molecular weight excluding hydrogens is 190 g/mol. The molecule has 0 aliphatic carbocycles. The minimum absolute atomic E-state index is 0.266. The van der Waals surface area contributed by atoms with Gasteiger partial charge in [0.2, 0.25) is 0 Å². The molecule has 1 N–H and O–H groups in total. The van der Waals surface area contributed by atoms with Crippen molar-refractivity contribution in [3.63, 3.8) is 0 Å². The molecule has 2 rings (SSSR count). The number of aliphatic hydroxyl groups is 1. The first-order chi connectivity index (χ1) is 6.27. The summed E-state index contributed by atoms with van der Waals surface area (Å²) in [5.41, 5.74) is 0. The van der Waals surface area contributed by atoms with Gasteiger partial charge in [-0.15, -0.1) is 0 Å². The van der Waals surface area contributed by atoms with Crippen LogP contribution in [-0.4, -0.2) is 34.3 Å². The molecule has 5 heteroatoms.